The van der Waals surface area contributed by atoms with Crippen LogP contribution in [-0.2, 0) is 6.42 Å². The van der Waals surface area contributed by atoms with Gasteiger partial charge < -0.3 is 11.1 Å². The van der Waals surface area contributed by atoms with E-state index in [1.165, 1.54) is 5.56 Å². The molecule has 0 fully saturated rings. The van der Waals surface area contributed by atoms with Crippen molar-refractivity contribution in [2.45, 2.75) is 6.42 Å². The summed E-state index contributed by atoms with van der Waals surface area (Å²) in [5.74, 6) is 1.38. The van der Waals surface area contributed by atoms with Gasteiger partial charge in [0, 0.05) is 18.4 Å². The second-order valence-electron chi connectivity index (χ2n) is 5.76. The maximum Gasteiger partial charge on any atom is 0.224 e. The van der Waals surface area contributed by atoms with Gasteiger partial charge in [0.05, 0.1) is 11.0 Å². The lowest BCUT2D eigenvalue weighted by Gasteiger charge is -2.08. The minimum Gasteiger partial charge on any atom is -0.399 e. The highest BCUT2D eigenvalue weighted by Crippen LogP contribution is 2.16. The second kappa shape index (κ2) is 6.60. The predicted molar refractivity (Wildman–Crippen MR) is 99.7 cm³/mol. The Kier molecular flexibility index (Phi) is 4.00. The van der Waals surface area contributed by atoms with E-state index in [1.54, 1.807) is 12.5 Å². The molecule has 124 valence electrons. The SMILES string of the molecule is Nc1cccc(CCNc2nccc(-n3cnc4ccccc43)n2)c1. The van der Waals surface area contributed by atoms with Gasteiger partial charge in [-0.25, -0.2) is 9.97 Å². The molecule has 4 rings (SSSR count). The van der Waals surface area contributed by atoms with Gasteiger partial charge in [-0.3, -0.25) is 4.57 Å². The highest BCUT2D eigenvalue weighted by Gasteiger charge is 2.06. The number of para-hydroxylation sites is 2. The molecule has 0 saturated heterocycles. The minimum absolute atomic E-state index is 0.596. The summed E-state index contributed by atoms with van der Waals surface area (Å²) >= 11 is 0. The summed E-state index contributed by atoms with van der Waals surface area (Å²) in [5, 5.41) is 3.27. The topological polar surface area (TPSA) is 81.6 Å². The summed E-state index contributed by atoms with van der Waals surface area (Å²) < 4.78 is 1.96. The average Bonchev–Trinajstić information content (AvgIpc) is 3.06. The van der Waals surface area contributed by atoms with Crippen LogP contribution in [0.4, 0.5) is 11.6 Å². The molecule has 0 amide bonds. The molecular formula is C19H18N6. The molecule has 0 atom stereocenters. The Labute approximate surface area is 145 Å². The second-order valence-corrected chi connectivity index (χ2v) is 5.76. The summed E-state index contributed by atoms with van der Waals surface area (Å²) in [6.07, 6.45) is 4.39. The predicted octanol–water partition coefficient (Wildman–Crippen LogP) is 3.05. The number of imidazole rings is 1. The summed E-state index contributed by atoms with van der Waals surface area (Å²) in [4.78, 5) is 13.3. The Balaban J connectivity index is 1.50. The maximum atomic E-state index is 5.81. The van der Waals surface area contributed by atoms with Crippen LogP contribution in [0.2, 0.25) is 0 Å². The number of hydrogen-bond donors (Lipinski definition) is 2. The third-order valence-corrected chi connectivity index (χ3v) is 3.99. The Morgan fingerprint density at radius 1 is 1.00 bits per heavy atom. The van der Waals surface area contributed by atoms with Gasteiger partial charge in [0.1, 0.15) is 12.1 Å². The normalized spacial score (nSPS) is 10.9. The van der Waals surface area contributed by atoms with Crippen LogP contribution < -0.4 is 11.1 Å². The lowest BCUT2D eigenvalue weighted by atomic mass is 10.1. The number of hydrogen-bond acceptors (Lipinski definition) is 5. The molecule has 0 aliphatic carbocycles. The molecule has 0 saturated carbocycles. The van der Waals surface area contributed by atoms with Gasteiger partial charge in [0.25, 0.3) is 0 Å². The van der Waals surface area contributed by atoms with E-state index in [-0.39, 0.29) is 0 Å². The van der Waals surface area contributed by atoms with Crippen LogP contribution in [0.3, 0.4) is 0 Å². The van der Waals surface area contributed by atoms with Gasteiger partial charge in [-0.15, -0.1) is 0 Å². The number of aromatic nitrogens is 4. The number of rotatable bonds is 5. The minimum atomic E-state index is 0.596. The molecule has 0 aliphatic rings. The average molecular weight is 330 g/mol. The third kappa shape index (κ3) is 3.28. The van der Waals surface area contributed by atoms with E-state index in [0.717, 1.165) is 35.5 Å². The first-order chi connectivity index (χ1) is 12.3. The number of nitrogens with one attached hydrogen (secondary N) is 1. The molecule has 2 heterocycles. The lowest BCUT2D eigenvalue weighted by Crippen LogP contribution is -2.09. The fourth-order valence-electron chi connectivity index (χ4n) is 2.78. The number of fused-ring (bicyclic) bond motifs is 1. The van der Waals surface area contributed by atoms with Crippen molar-refractivity contribution in [3.63, 3.8) is 0 Å². The number of anilines is 2. The Bertz CT molecular complexity index is 1010. The van der Waals surface area contributed by atoms with Gasteiger partial charge in [0.2, 0.25) is 5.95 Å². The zero-order valence-electron chi connectivity index (χ0n) is 13.6. The van der Waals surface area contributed by atoms with Crippen molar-refractivity contribution < 1.29 is 0 Å². The summed E-state index contributed by atoms with van der Waals surface area (Å²) in [6.45, 7) is 0.734. The maximum absolute atomic E-state index is 5.81. The zero-order chi connectivity index (χ0) is 17.1. The highest BCUT2D eigenvalue weighted by molar-refractivity contribution is 5.76. The fraction of sp³-hybridized carbons (Fsp3) is 0.105. The monoisotopic (exact) mass is 330 g/mol. The molecule has 6 heteroatoms. The van der Waals surface area contributed by atoms with E-state index in [9.17, 15) is 0 Å². The van der Waals surface area contributed by atoms with Crippen LogP contribution in [0, 0.1) is 0 Å². The quantitative estimate of drug-likeness (QED) is 0.550. The van der Waals surface area contributed by atoms with Crippen LogP contribution in [0.1, 0.15) is 5.56 Å². The third-order valence-electron chi connectivity index (χ3n) is 3.99. The molecule has 25 heavy (non-hydrogen) atoms. The largest absolute Gasteiger partial charge is 0.399 e. The van der Waals surface area contributed by atoms with Crippen molar-refractivity contribution in [3.05, 3.63) is 72.7 Å². The van der Waals surface area contributed by atoms with Crippen LogP contribution in [-0.4, -0.2) is 26.1 Å². The van der Waals surface area contributed by atoms with E-state index in [4.69, 9.17) is 5.73 Å². The van der Waals surface area contributed by atoms with Crippen molar-refractivity contribution in [3.8, 4) is 5.82 Å². The van der Waals surface area contributed by atoms with Gasteiger partial charge in [-0.05, 0) is 42.3 Å². The summed E-state index contributed by atoms with van der Waals surface area (Å²) in [5.41, 5.74) is 9.73. The molecule has 2 aromatic carbocycles. The van der Waals surface area contributed by atoms with Gasteiger partial charge in [-0.2, -0.15) is 4.98 Å². The molecular weight excluding hydrogens is 312 g/mol. The van der Waals surface area contributed by atoms with Crippen molar-refractivity contribution in [2.24, 2.45) is 0 Å². The van der Waals surface area contributed by atoms with Crippen molar-refractivity contribution >= 4 is 22.7 Å². The first kappa shape index (κ1) is 15.1. The molecule has 6 nitrogen and oxygen atoms in total. The molecule has 3 N–H and O–H groups in total. The van der Waals surface area contributed by atoms with Crippen LogP contribution in [0.15, 0.2) is 67.1 Å². The first-order valence-electron chi connectivity index (χ1n) is 8.13. The molecule has 0 bridgehead atoms. The number of nitrogens with zero attached hydrogens (tertiary/aromatic N) is 4. The molecule has 0 radical (unpaired) electrons. The van der Waals surface area contributed by atoms with Crippen molar-refractivity contribution in [1.82, 2.24) is 19.5 Å². The Hall–Kier alpha value is -3.41. The fourth-order valence-corrected chi connectivity index (χ4v) is 2.78. The number of nitrogen functional groups attached to an aromatic ring is 1. The van der Waals surface area contributed by atoms with Gasteiger partial charge in [0.15, 0.2) is 0 Å². The summed E-state index contributed by atoms with van der Waals surface area (Å²) in [6, 6.07) is 17.7. The van der Waals surface area contributed by atoms with Crippen LogP contribution >= 0.6 is 0 Å². The van der Waals surface area contributed by atoms with E-state index in [2.05, 4.69) is 26.3 Å². The number of benzene rings is 2. The zero-order valence-corrected chi connectivity index (χ0v) is 13.6. The van der Waals surface area contributed by atoms with Crippen LogP contribution in [0.25, 0.3) is 16.9 Å². The molecule has 0 unspecified atom stereocenters. The first-order valence-corrected chi connectivity index (χ1v) is 8.13. The standard InChI is InChI=1S/C19H18N6/c20-15-5-3-4-14(12-15)8-10-21-19-22-11-9-18(24-19)25-13-23-16-6-1-2-7-17(16)25/h1-7,9,11-13H,8,10,20H2,(H,21,22,24). The Morgan fingerprint density at radius 3 is 2.84 bits per heavy atom. The van der Waals surface area contributed by atoms with Crippen LogP contribution in [0.5, 0.6) is 0 Å². The van der Waals surface area contributed by atoms with E-state index >= 15 is 0 Å². The smallest absolute Gasteiger partial charge is 0.224 e. The van der Waals surface area contributed by atoms with Gasteiger partial charge in [-0.1, -0.05) is 24.3 Å². The van der Waals surface area contributed by atoms with Crippen molar-refractivity contribution in [2.75, 3.05) is 17.6 Å². The van der Waals surface area contributed by atoms with E-state index in [1.807, 2.05) is 53.1 Å². The molecule has 2 aromatic heterocycles. The van der Waals surface area contributed by atoms with E-state index < -0.39 is 0 Å². The van der Waals surface area contributed by atoms with Crippen molar-refractivity contribution in [1.29, 1.82) is 0 Å². The summed E-state index contributed by atoms with van der Waals surface area (Å²) in [7, 11) is 0. The lowest BCUT2D eigenvalue weighted by molar-refractivity contribution is 0.954. The molecule has 4 aromatic rings. The molecule has 0 aliphatic heterocycles. The molecule has 0 spiro atoms. The van der Waals surface area contributed by atoms with E-state index in [0.29, 0.717) is 5.95 Å². The Morgan fingerprint density at radius 2 is 1.92 bits per heavy atom. The van der Waals surface area contributed by atoms with Gasteiger partial charge >= 0.3 is 0 Å². The highest BCUT2D eigenvalue weighted by atomic mass is 15.2. The number of nitrogens with two attached hydrogens (primary N) is 1.